The second-order valence-electron chi connectivity index (χ2n) is 6.30. The first kappa shape index (κ1) is 17.0. The van der Waals surface area contributed by atoms with Gasteiger partial charge in [-0.2, -0.15) is 0 Å². The summed E-state index contributed by atoms with van der Waals surface area (Å²) in [4.78, 5) is 14.7. The highest BCUT2D eigenvalue weighted by Crippen LogP contribution is 2.34. The molecule has 0 amide bonds. The third-order valence-electron chi connectivity index (χ3n) is 4.75. The van der Waals surface area contributed by atoms with Crippen LogP contribution >= 0.6 is 11.6 Å². The van der Waals surface area contributed by atoms with Crippen LogP contribution in [-0.2, 0) is 16.1 Å². The molecule has 24 heavy (non-hydrogen) atoms. The fourth-order valence-electron chi connectivity index (χ4n) is 3.50. The van der Waals surface area contributed by atoms with Crippen LogP contribution in [0, 0.1) is 5.92 Å². The number of rotatable bonds is 4. The number of piperidine rings is 1. The summed E-state index contributed by atoms with van der Waals surface area (Å²) < 4.78 is 5.07. The lowest BCUT2D eigenvalue weighted by molar-refractivity contribution is -0.148. The Morgan fingerprint density at radius 1 is 1.17 bits per heavy atom. The van der Waals surface area contributed by atoms with Gasteiger partial charge in [-0.1, -0.05) is 54.1 Å². The van der Waals surface area contributed by atoms with Crippen molar-refractivity contribution in [3.8, 4) is 0 Å². The topological polar surface area (TPSA) is 29.5 Å². The summed E-state index contributed by atoms with van der Waals surface area (Å²) >= 11 is 5.99. The average molecular weight is 344 g/mol. The Morgan fingerprint density at radius 3 is 2.54 bits per heavy atom. The van der Waals surface area contributed by atoms with E-state index >= 15 is 0 Å². The smallest absolute Gasteiger partial charge is 0.310 e. The number of benzene rings is 2. The Bertz CT molecular complexity index is 672. The molecule has 1 heterocycles. The van der Waals surface area contributed by atoms with Gasteiger partial charge in [-0.25, -0.2) is 0 Å². The zero-order valence-electron chi connectivity index (χ0n) is 13.8. The molecule has 0 aliphatic carbocycles. The number of nitrogens with zero attached hydrogens (tertiary/aromatic N) is 1. The van der Waals surface area contributed by atoms with E-state index in [-0.39, 0.29) is 17.8 Å². The van der Waals surface area contributed by atoms with Crippen LogP contribution < -0.4 is 0 Å². The molecule has 2 aromatic rings. The van der Waals surface area contributed by atoms with Crippen LogP contribution in [0.5, 0.6) is 0 Å². The first-order chi connectivity index (χ1) is 11.7. The van der Waals surface area contributed by atoms with Crippen molar-refractivity contribution >= 4 is 17.6 Å². The van der Waals surface area contributed by atoms with Gasteiger partial charge in [-0.3, -0.25) is 9.69 Å². The predicted molar refractivity (Wildman–Crippen MR) is 96.0 cm³/mol. The van der Waals surface area contributed by atoms with Gasteiger partial charge in [0.15, 0.2) is 0 Å². The number of carbonyl (C=O) groups is 1. The van der Waals surface area contributed by atoms with Gasteiger partial charge in [0.1, 0.15) is 0 Å². The van der Waals surface area contributed by atoms with Crippen molar-refractivity contribution in [2.75, 3.05) is 20.2 Å². The van der Waals surface area contributed by atoms with E-state index in [0.29, 0.717) is 0 Å². The molecule has 4 heteroatoms. The van der Waals surface area contributed by atoms with Crippen LogP contribution in [0.4, 0.5) is 0 Å². The van der Waals surface area contributed by atoms with E-state index in [4.69, 9.17) is 16.3 Å². The summed E-state index contributed by atoms with van der Waals surface area (Å²) in [6.07, 6.45) is 0.939. The Kier molecular flexibility index (Phi) is 5.54. The fourth-order valence-corrected chi connectivity index (χ4v) is 3.63. The van der Waals surface area contributed by atoms with Crippen LogP contribution in [0.3, 0.4) is 0 Å². The van der Waals surface area contributed by atoms with Gasteiger partial charge in [0.05, 0.1) is 13.0 Å². The van der Waals surface area contributed by atoms with Gasteiger partial charge >= 0.3 is 5.97 Å². The number of likely N-dealkylation sites (tertiary alicyclic amines) is 1. The maximum absolute atomic E-state index is 12.3. The third kappa shape index (κ3) is 3.97. The quantitative estimate of drug-likeness (QED) is 0.782. The summed E-state index contributed by atoms with van der Waals surface area (Å²) in [5.74, 6) is -0.0944. The monoisotopic (exact) mass is 343 g/mol. The molecule has 3 rings (SSSR count). The van der Waals surface area contributed by atoms with Crippen LogP contribution in [0.2, 0.25) is 5.02 Å². The van der Waals surface area contributed by atoms with Crippen molar-refractivity contribution in [1.29, 1.82) is 0 Å². The minimum absolute atomic E-state index is 0.132. The molecule has 0 bridgehead atoms. The van der Waals surface area contributed by atoms with E-state index < -0.39 is 0 Å². The molecular weight excluding hydrogens is 322 g/mol. The maximum atomic E-state index is 12.3. The van der Waals surface area contributed by atoms with E-state index in [1.165, 1.54) is 12.7 Å². The molecule has 126 valence electrons. The number of esters is 1. The summed E-state index contributed by atoms with van der Waals surface area (Å²) in [5.41, 5.74) is 2.43. The minimum Gasteiger partial charge on any atom is -0.469 e. The molecular formula is C20H22ClNO2. The molecule has 0 radical (unpaired) electrons. The Morgan fingerprint density at radius 2 is 1.88 bits per heavy atom. The van der Waals surface area contributed by atoms with Gasteiger partial charge in [0.25, 0.3) is 0 Å². The van der Waals surface area contributed by atoms with Gasteiger partial charge in [0, 0.05) is 18.1 Å². The van der Waals surface area contributed by atoms with E-state index in [9.17, 15) is 4.79 Å². The van der Waals surface area contributed by atoms with Crippen LogP contribution in [0.15, 0.2) is 54.6 Å². The van der Waals surface area contributed by atoms with Crippen molar-refractivity contribution in [2.45, 2.75) is 18.9 Å². The zero-order chi connectivity index (χ0) is 16.9. The average Bonchev–Trinajstić information content (AvgIpc) is 2.63. The number of hydrogen-bond acceptors (Lipinski definition) is 3. The number of hydrogen-bond donors (Lipinski definition) is 0. The summed E-state index contributed by atoms with van der Waals surface area (Å²) in [7, 11) is 1.47. The van der Waals surface area contributed by atoms with Crippen molar-refractivity contribution < 1.29 is 9.53 Å². The molecule has 0 spiro atoms. The second kappa shape index (κ2) is 7.82. The third-order valence-corrected chi connectivity index (χ3v) is 5.00. The summed E-state index contributed by atoms with van der Waals surface area (Å²) in [6.45, 7) is 2.55. The van der Waals surface area contributed by atoms with Crippen LogP contribution in [0.1, 0.15) is 23.5 Å². The number of halogens is 1. The lowest BCUT2D eigenvalue weighted by atomic mass is 9.80. The van der Waals surface area contributed by atoms with Gasteiger partial charge in [-0.05, 0) is 42.1 Å². The first-order valence-electron chi connectivity index (χ1n) is 8.27. The van der Waals surface area contributed by atoms with Crippen molar-refractivity contribution in [1.82, 2.24) is 4.90 Å². The SMILES string of the molecule is COC(=O)[C@H]1CN(Cc2ccccc2)CC[C@@H]1c1ccc(Cl)cc1. The number of carbonyl (C=O) groups excluding carboxylic acids is 1. The molecule has 0 saturated carbocycles. The van der Waals surface area contributed by atoms with Gasteiger partial charge in [-0.15, -0.1) is 0 Å². The summed E-state index contributed by atoms with van der Waals surface area (Å²) in [6, 6.07) is 18.2. The molecule has 0 aromatic heterocycles. The molecule has 2 aromatic carbocycles. The Balaban J connectivity index is 1.75. The van der Waals surface area contributed by atoms with Crippen LogP contribution in [0.25, 0.3) is 0 Å². The predicted octanol–water partition coefficient (Wildman–Crippen LogP) is 4.12. The lowest BCUT2D eigenvalue weighted by Crippen LogP contribution is -2.42. The standard InChI is InChI=1S/C20H22ClNO2/c1-24-20(23)19-14-22(13-15-5-3-2-4-6-15)12-11-18(19)16-7-9-17(21)10-8-16/h2-10,18-19H,11-14H2,1H3/t18-,19+/m1/s1. The highest BCUT2D eigenvalue weighted by Gasteiger charge is 2.35. The highest BCUT2D eigenvalue weighted by molar-refractivity contribution is 6.30. The van der Waals surface area contributed by atoms with E-state index in [2.05, 4.69) is 17.0 Å². The molecule has 0 N–H and O–H groups in total. The zero-order valence-corrected chi connectivity index (χ0v) is 14.6. The van der Waals surface area contributed by atoms with E-state index in [1.54, 1.807) is 0 Å². The molecule has 2 atom stereocenters. The summed E-state index contributed by atoms with van der Waals surface area (Å²) in [5, 5.41) is 0.717. The number of methoxy groups -OCH3 is 1. The molecule has 1 aliphatic heterocycles. The van der Waals surface area contributed by atoms with Crippen LogP contribution in [-0.4, -0.2) is 31.1 Å². The Labute approximate surface area is 148 Å². The molecule has 1 aliphatic rings. The van der Waals surface area contributed by atoms with E-state index in [1.807, 2.05) is 42.5 Å². The molecule has 1 saturated heterocycles. The fraction of sp³-hybridized carbons (Fsp3) is 0.350. The largest absolute Gasteiger partial charge is 0.469 e. The van der Waals surface area contributed by atoms with Crippen molar-refractivity contribution in [3.05, 3.63) is 70.7 Å². The lowest BCUT2D eigenvalue weighted by Gasteiger charge is -2.37. The number of ether oxygens (including phenoxy) is 1. The van der Waals surface area contributed by atoms with Gasteiger partial charge < -0.3 is 4.74 Å². The van der Waals surface area contributed by atoms with Crippen molar-refractivity contribution in [2.24, 2.45) is 5.92 Å². The Hall–Kier alpha value is -1.84. The normalized spacial score (nSPS) is 21.4. The van der Waals surface area contributed by atoms with Gasteiger partial charge in [0.2, 0.25) is 0 Å². The highest BCUT2D eigenvalue weighted by atomic mass is 35.5. The minimum atomic E-state index is -0.145. The molecule has 3 nitrogen and oxygen atoms in total. The van der Waals surface area contributed by atoms with Crippen molar-refractivity contribution in [3.63, 3.8) is 0 Å². The molecule has 0 unspecified atom stereocenters. The second-order valence-corrected chi connectivity index (χ2v) is 6.73. The molecule has 1 fully saturated rings. The van der Waals surface area contributed by atoms with E-state index in [0.717, 1.165) is 36.6 Å². The maximum Gasteiger partial charge on any atom is 0.310 e. The first-order valence-corrected chi connectivity index (χ1v) is 8.64.